The third-order valence-electron chi connectivity index (χ3n) is 5.77. The van der Waals surface area contributed by atoms with Gasteiger partial charge in [0.1, 0.15) is 0 Å². The van der Waals surface area contributed by atoms with Crippen molar-refractivity contribution in [2.24, 2.45) is 17.3 Å². The molecule has 4 nitrogen and oxygen atoms in total. The molecule has 1 heterocycles. The molecule has 3 fully saturated rings. The van der Waals surface area contributed by atoms with Crippen molar-refractivity contribution in [3.63, 3.8) is 0 Å². The minimum Gasteiger partial charge on any atom is -0.515 e. The highest BCUT2D eigenvalue weighted by molar-refractivity contribution is 6.00. The molecule has 0 aromatic rings. The monoisotopic (exact) mass is 280 g/mol. The van der Waals surface area contributed by atoms with Crippen LogP contribution in [0.25, 0.3) is 0 Å². The van der Waals surface area contributed by atoms with Crippen molar-refractivity contribution >= 4 is 5.78 Å². The molecular formula is C16H24O4. The van der Waals surface area contributed by atoms with Gasteiger partial charge in [0.15, 0.2) is 11.6 Å². The molecule has 3 atom stereocenters. The van der Waals surface area contributed by atoms with Gasteiger partial charge in [-0.05, 0) is 31.6 Å². The number of ketones is 1. The molecule has 1 saturated heterocycles. The van der Waals surface area contributed by atoms with Crippen LogP contribution in [0.4, 0.5) is 0 Å². The quantitative estimate of drug-likeness (QED) is 0.592. The smallest absolute Gasteiger partial charge is 0.171 e. The summed E-state index contributed by atoms with van der Waals surface area (Å²) in [5.74, 6) is 0.227. The van der Waals surface area contributed by atoms with Crippen LogP contribution in [-0.4, -0.2) is 29.9 Å². The van der Waals surface area contributed by atoms with Crippen molar-refractivity contribution < 1.29 is 19.4 Å². The number of ether oxygens (including phenoxy) is 2. The first-order chi connectivity index (χ1) is 9.57. The summed E-state index contributed by atoms with van der Waals surface area (Å²) in [4.78, 5) is 12.7. The Morgan fingerprint density at radius 2 is 2.05 bits per heavy atom. The summed E-state index contributed by atoms with van der Waals surface area (Å²) in [7, 11) is 0. The second kappa shape index (κ2) is 4.85. The van der Waals surface area contributed by atoms with E-state index in [1.165, 1.54) is 0 Å². The molecule has 0 unspecified atom stereocenters. The van der Waals surface area contributed by atoms with E-state index in [0.29, 0.717) is 25.2 Å². The van der Waals surface area contributed by atoms with E-state index >= 15 is 0 Å². The Kier molecular flexibility index (Phi) is 3.41. The largest absolute Gasteiger partial charge is 0.515 e. The van der Waals surface area contributed by atoms with E-state index in [2.05, 4.69) is 13.8 Å². The molecule has 2 saturated carbocycles. The van der Waals surface area contributed by atoms with Gasteiger partial charge < -0.3 is 14.6 Å². The first-order valence-corrected chi connectivity index (χ1v) is 7.73. The van der Waals surface area contributed by atoms with Crippen LogP contribution >= 0.6 is 0 Å². The predicted octanol–water partition coefficient (Wildman–Crippen LogP) is 2.98. The lowest BCUT2D eigenvalue weighted by molar-refractivity contribution is -0.246. The van der Waals surface area contributed by atoms with Crippen LogP contribution in [0, 0.1) is 17.3 Å². The molecule has 0 aromatic heterocycles. The molecule has 1 spiro atoms. The third-order valence-corrected chi connectivity index (χ3v) is 5.77. The van der Waals surface area contributed by atoms with Crippen LogP contribution in [0.1, 0.15) is 46.0 Å². The van der Waals surface area contributed by atoms with E-state index < -0.39 is 5.79 Å². The molecule has 0 aromatic carbocycles. The Morgan fingerprint density at radius 1 is 1.35 bits per heavy atom. The van der Waals surface area contributed by atoms with Crippen molar-refractivity contribution in [3.8, 4) is 0 Å². The van der Waals surface area contributed by atoms with Gasteiger partial charge in [0, 0.05) is 23.3 Å². The number of Topliss-reactive ketones (excluding diaryl/α,β-unsaturated/α-hetero) is 1. The fourth-order valence-corrected chi connectivity index (χ4v) is 4.70. The number of hydrogen-bond acceptors (Lipinski definition) is 4. The normalized spacial score (nSPS) is 42.1. The van der Waals surface area contributed by atoms with Gasteiger partial charge in [-0.25, -0.2) is 0 Å². The lowest BCUT2D eigenvalue weighted by Gasteiger charge is -2.54. The summed E-state index contributed by atoms with van der Waals surface area (Å²) >= 11 is 0. The van der Waals surface area contributed by atoms with E-state index in [9.17, 15) is 9.90 Å². The number of carbonyl (C=O) groups is 1. The molecule has 3 aliphatic rings. The van der Waals surface area contributed by atoms with Crippen molar-refractivity contribution in [2.75, 3.05) is 13.2 Å². The molecule has 20 heavy (non-hydrogen) atoms. The van der Waals surface area contributed by atoms with Gasteiger partial charge in [0.25, 0.3) is 0 Å². The molecule has 4 heteroatoms. The number of rotatable bonds is 1. The van der Waals surface area contributed by atoms with Crippen LogP contribution in [0.15, 0.2) is 11.8 Å². The maximum atomic E-state index is 12.7. The van der Waals surface area contributed by atoms with Crippen LogP contribution in [-0.2, 0) is 14.3 Å². The van der Waals surface area contributed by atoms with E-state index in [0.717, 1.165) is 31.9 Å². The van der Waals surface area contributed by atoms with Gasteiger partial charge in [0.05, 0.1) is 19.5 Å². The Hall–Kier alpha value is -0.870. The second-order valence-corrected chi connectivity index (χ2v) is 6.57. The SMILES string of the molecule is CC[C@H]1[C@@H]2CC/C(=C\O)C(=O)[C@@]2(C)CCC12OCCO2. The van der Waals surface area contributed by atoms with Gasteiger partial charge in [-0.15, -0.1) is 0 Å². The number of allylic oxidation sites excluding steroid dienone is 1. The molecule has 112 valence electrons. The second-order valence-electron chi connectivity index (χ2n) is 6.57. The summed E-state index contributed by atoms with van der Waals surface area (Å²) in [6, 6.07) is 0. The van der Waals surface area contributed by atoms with Crippen LogP contribution in [0.2, 0.25) is 0 Å². The summed E-state index contributed by atoms with van der Waals surface area (Å²) in [5.41, 5.74) is 0.219. The van der Waals surface area contributed by atoms with Crippen LogP contribution < -0.4 is 0 Å². The molecule has 0 bridgehead atoms. The topological polar surface area (TPSA) is 55.8 Å². The van der Waals surface area contributed by atoms with E-state index in [-0.39, 0.29) is 23.0 Å². The Bertz CT molecular complexity index is 436. The molecule has 0 radical (unpaired) electrons. The summed E-state index contributed by atoms with van der Waals surface area (Å²) in [5, 5.41) is 9.26. The number of carbonyl (C=O) groups excluding carboxylic acids is 1. The standard InChI is InChI=1S/C16H24O4/c1-3-12-13-5-4-11(10-17)14(18)15(13,2)6-7-16(12)19-8-9-20-16/h10,12-13,17H,3-9H2,1-2H3/b11-10+/t12-,13-,15-/m0/s1. The van der Waals surface area contributed by atoms with Crippen molar-refractivity contribution in [1.82, 2.24) is 0 Å². The van der Waals surface area contributed by atoms with Gasteiger partial charge in [-0.3, -0.25) is 4.79 Å². The average molecular weight is 280 g/mol. The zero-order valence-corrected chi connectivity index (χ0v) is 12.4. The summed E-state index contributed by atoms with van der Waals surface area (Å²) in [6.07, 6.45) is 5.14. The maximum absolute atomic E-state index is 12.7. The highest BCUT2D eigenvalue weighted by atomic mass is 16.7. The van der Waals surface area contributed by atoms with E-state index in [1.54, 1.807) is 0 Å². The van der Waals surface area contributed by atoms with Crippen molar-refractivity contribution in [2.45, 2.75) is 51.7 Å². The first-order valence-electron chi connectivity index (χ1n) is 7.73. The number of aliphatic hydroxyl groups is 1. The van der Waals surface area contributed by atoms with Crippen LogP contribution in [0.5, 0.6) is 0 Å². The predicted molar refractivity (Wildman–Crippen MR) is 74.2 cm³/mol. The van der Waals surface area contributed by atoms with E-state index in [4.69, 9.17) is 9.47 Å². The minimum absolute atomic E-state index is 0.127. The van der Waals surface area contributed by atoms with E-state index in [1.807, 2.05) is 0 Å². The number of hydrogen-bond donors (Lipinski definition) is 1. The lowest BCUT2D eigenvalue weighted by Crippen LogP contribution is -2.56. The Balaban J connectivity index is 1.95. The zero-order valence-electron chi connectivity index (χ0n) is 12.4. The maximum Gasteiger partial charge on any atom is 0.171 e. The van der Waals surface area contributed by atoms with Crippen molar-refractivity contribution in [3.05, 3.63) is 11.8 Å². The van der Waals surface area contributed by atoms with Gasteiger partial charge in [-0.2, -0.15) is 0 Å². The molecule has 3 rings (SSSR count). The van der Waals surface area contributed by atoms with Crippen molar-refractivity contribution in [1.29, 1.82) is 0 Å². The third kappa shape index (κ3) is 1.77. The van der Waals surface area contributed by atoms with Gasteiger partial charge >= 0.3 is 0 Å². The fraction of sp³-hybridized carbons (Fsp3) is 0.812. The minimum atomic E-state index is -0.459. The molecule has 0 amide bonds. The summed E-state index contributed by atoms with van der Waals surface area (Å²) in [6.45, 7) is 5.55. The summed E-state index contributed by atoms with van der Waals surface area (Å²) < 4.78 is 11.9. The van der Waals surface area contributed by atoms with Crippen LogP contribution in [0.3, 0.4) is 0 Å². The van der Waals surface area contributed by atoms with Gasteiger partial charge in [-0.1, -0.05) is 13.8 Å². The molecule has 2 aliphatic carbocycles. The molecule has 1 aliphatic heterocycles. The average Bonchev–Trinajstić information content (AvgIpc) is 2.91. The highest BCUT2D eigenvalue weighted by Gasteiger charge is 2.59. The highest BCUT2D eigenvalue weighted by Crippen LogP contribution is 2.57. The first kappa shape index (κ1) is 14.1. The number of fused-ring (bicyclic) bond motifs is 1. The zero-order chi connectivity index (χ0) is 14.4. The Morgan fingerprint density at radius 3 is 2.65 bits per heavy atom. The molecular weight excluding hydrogens is 256 g/mol. The number of aliphatic hydroxyl groups excluding tert-OH is 1. The molecule has 1 N–H and O–H groups in total. The Labute approximate surface area is 120 Å². The fourth-order valence-electron chi connectivity index (χ4n) is 4.70. The van der Waals surface area contributed by atoms with Gasteiger partial charge in [0.2, 0.25) is 0 Å². The lowest BCUT2D eigenvalue weighted by atomic mass is 9.53.